The second kappa shape index (κ2) is 9.00. The van der Waals surface area contributed by atoms with Crippen LogP contribution in [0.3, 0.4) is 0 Å². The first-order valence-corrected chi connectivity index (χ1v) is 12.5. The maximum atomic E-state index is 12.5. The Morgan fingerprint density at radius 2 is 2.12 bits per heavy atom. The van der Waals surface area contributed by atoms with Crippen LogP contribution in [0.5, 0.6) is 0 Å². The van der Waals surface area contributed by atoms with Crippen LogP contribution < -0.4 is 5.32 Å². The fourth-order valence-corrected chi connectivity index (χ4v) is 5.89. The number of thiazole rings is 2. The number of nitrogens with one attached hydrogen (secondary N) is 1. The number of amides is 1. The second-order valence-electron chi connectivity index (χ2n) is 7.99. The van der Waals surface area contributed by atoms with Crippen molar-refractivity contribution in [3.63, 3.8) is 0 Å². The fraction of sp³-hybridized carbons (Fsp3) is 0.304. The minimum Gasteiger partial charge on any atom is -0.441 e. The van der Waals surface area contributed by atoms with Crippen LogP contribution in [0.1, 0.15) is 52.9 Å². The molecular weight excluding hydrogens is 496 g/mol. The molecule has 2 N–H and O–H groups in total. The van der Waals surface area contributed by atoms with Crippen molar-refractivity contribution in [3.05, 3.63) is 56.3 Å². The maximum Gasteiger partial charge on any atom is 0.412 e. The van der Waals surface area contributed by atoms with Gasteiger partial charge in [-0.05, 0) is 44.6 Å². The summed E-state index contributed by atoms with van der Waals surface area (Å²) in [4.78, 5) is 21.5. The van der Waals surface area contributed by atoms with E-state index >= 15 is 0 Å². The van der Waals surface area contributed by atoms with E-state index < -0.39 is 12.2 Å². The molecule has 11 heteroatoms. The van der Waals surface area contributed by atoms with E-state index in [1.165, 1.54) is 11.3 Å². The number of carbonyl (C=O) groups is 1. The monoisotopic (exact) mass is 514 g/mol. The molecule has 3 heterocycles. The average Bonchev–Trinajstić information content (AvgIpc) is 3.20. The number of hydrogen-bond acceptors (Lipinski definition) is 9. The Hall–Kier alpha value is -2.97. The van der Waals surface area contributed by atoms with E-state index in [0.717, 1.165) is 21.9 Å². The highest BCUT2D eigenvalue weighted by atomic mass is 35.5. The van der Waals surface area contributed by atoms with Crippen LogP contribution in [0, 0.1) is 18.8 Å². The zero-order chi connectivity index (χ0) is 23.9. The topological polar surface area (TPSA) is 110 Å². The molecule has 1 saturated carbocycles. The third kappa shape index (κ3) is 4.40. The highest BCUT2D eigenvalue weighted by Gasteiger charge is 2.46. The number of aryl methyl sites for hydroxylation is 1. The molecule has 3 aromatic heterocycles. The lowest BCUT2D eigenvalue weighted by atomic mass is 10.1. The number of benzene rings is 1. The van der Waals surface area contributed by atoms with Gasteiger partial charge in [-0.1, -0.05) is 46.3 Å². The molecule has 34 heavy (non-hydrogen) atoms. The number of fused-ring (bicyclic) bond motifs is 1. The lowest BCUT2D eigenvalue weighted by Crippen LogP contribution is -2.17. The van der Waals surface area contributed by atoms with Gasteiger partial charge in [0.25, 0.3) is 0 Å². The SMILES string of the molecule is Cc1onc(C#Cc2nc3nc(C4(CO)CC4)sc3s2)c1NC(=O)OC(C)c1ccccc1Cl. The number of anilines is 1. The number of nitrogens with zero attached hydrogens (tertiary/aromatic N) is 3. The molecule has 0 radical (unpaired) electrons. The highest BCUT2D eigenvalue weighted by molar-refractivity contribution is 7.38. The summed E-state index contributed by atoms with van der Waals surface area (Å²) >= 11 is 9.17. The first-order valence-electron chi connectivity index (χ1n) is 10.5. The van der Waals surface area contributed by atoms with Crippen molar-refractivity contribution in [2.45, 2.75) is 38.2 Å². The molecule has 1 unspecified atom stereocenters. The molecule has 0 saturated heterocycles. The maximum absolute atomic E-state index is 12.5. The van der Waals surface area contributed by atoms with Crippen LogP contribution in [-0.2, 0) is 10.2 Å². The fourth-order valence-electron chi connectivity index (χ4n) is 3.39. The number of carbonyl (C=O) groups excluding carboxylic acids is 1. The van der Waals surface area contributed by atoms with Gasteiger partial charge in [0.05, 0.1) is 6.61 Å². The summed E-state index contributed by atoms with van der Waals surface area (Å²) in [6, 6.07) is 7.17. The van der Waals surface area contributed by atoms with Gasteiger partial charge < -0.3 is 14.4 Å². The number of rotatable bonds is 5. The number of aliphatic hydroxyl groups excluding tert-OH is 1. The van der Waals surface area contributed by atoms with Gasteiger partial charge >= 0.3 is 6.09 Å². The minimum atomic E-state index is -0.675. The first-order chi connectivity index (χ1) is 16.4. The largest absolute Gasteiger partial charge is 0.441 e. The molecule has 8 nitrogen and oxygen atoms in total. The van der Waals surface area contributed by atoms with E-state index in [2.05, 4.69) is 32.3 Å². The van der Waals surface area contributed by atoms with Crippen LogP contribution in [0.15, 0.2) is 28.8 Å². The summed E-state index contributed by atoms with van der Waals surface area (Å²) in [5.74, 6) is 6.28. The molecule has 0 bridgehead atoms. The van der Waals surface area contributed by atoms with Crippen molar-refractivity contribution in [1.82, 2.24) is 15.1 Å². The summed E-state index contributed by atoms with van der Waals surface area (Å²) in [6.45, 7) is 3.52. The van der Waals surface area contributed by atoms with Gasteiger partial charge in [-0.25, -0.2) is 14.8 Å². The van der Waals surface area contributed by atoms with E-state index in [0.29, 0.717) is 32.7 Å². The van der Waals surface area contributed by atoms with Gasteiger partial charge in [0.2, 0.25) is 0 Å². The highest BCUT2D eigenvalue weighted by Crippen LogP contribution is 2.50. The van der Waals surface area contributed by atoms with E-state index in [9.17, 15) is 9.90 Å². The van der Waals surface area contributed by atoms with Crippen LogP contribution in [0.4, 0.5) is 10.5 Å². The van der Waals surface area contributed by atoms with Crippen LogP contribution in [-0.4, -0.2) is 32.9 Å². The summed E-state index contributed by atoms with van der Waals surface area (Å²) < 4.78 is 11.6. The number of hydrogen-bond donors (Lipinski definition) is 2. The Labute approximate surface area is 207 Å². The molecule has 1 amide bonds. The Kier molecular flexibility index (Phi) is 6.04. The first kappa shape index (κ1) is 22.8. The van der Waals surface area contributed by atoms with Gasteiger partial charge in [0.15, 0.2) is 22.1 Å². The van der Waals surface area contributed by atoms with Crippen molar-refractivity contribution < 1.29 is 19.2 Å². The zero-order valence-corrected chi connectivity index (χ0v) is 20.6. The molecule has 0 aliphatic heterocycles. The molecule has 1 aliphatic carbocycles. The van der Waals surface area contributed by atoms with Gasteiger partial charge in [0.1, 0.15) is 20.8 Å². The predicted octanol–water partition coefficient (Wildman–Crippen LogP) is 5.44. The van der Waals surface area contributed by atoms with Crippen LogP contribution in [0.25, 0.3) is 9.66 Å². The number of aliphatic hydroxyl groups is 1. The molecule has 1 aliphatic rings. The summed E-state index contributed by atoms with van der Waals surface area (Å²) in [7, 11) is 0. The number of aromatic nitrogens is 3. The van der Waals surface area contributed by atoms with Gasteiger partial charge in [-0.15, -0.1) is 11.3 Å². The lowest BCUT2D eigenvalue weighted by molar-refractivity contribution is 0.121. The van der Waals surface area contributed by atoms with E-state index in [1.54, 1.807) is 37.3 Å². The van der Waals surface area contributed by atoms with Crippen molar-refractivity contribution in [2.24, 2.45) is 0 Å². The third-order valence-electron chi connectivity index (χ3n) is 5.59. The summed E-state index contributed by atoms with van der Waals surface area (Å²) in [5, 5.41) is 18.2. The zero-order valence-electron chi connectivity index (χ0n) is 18.2. The average molecular weight is 515 g/mol. The molecule has 1 aromatic carbocycles. The molecule has 0 spiro atoms. The smallest absolute Gasteiger partial charge is 0.412 e. The normalized spacial score (nSPS) is 14.9. The summed E-state index contributed by atoms with van der Waals surface area (Å²) in [5.41, 5.74) is 1.77. The van der Waals surface area contributed by atoms with Crippen molar-refractivity contribution in [3.8, 4) is 11.8 Å². The van der Waals surface area contributed by atoms with Crippen LogP contribution >= 0.6 is 34.3 Å². The Bertz CT molecular complexity index is 1410. The van der Waals surface area contributed by atoms with Crippen LogP contribution in [0.2, 0.25) is 5.02 Å². The summed E-state index contributed by atoms with van der Waals surface area (Å²) in [6.07, 6.45) is 0.686. The molecule has 1 fully saturated rings. The Balaban J connectivity index is 1.30. The molecule has 4 aromatic rings. The van der Waals surface area contributed by atoms with Gasteiger partial charge in [-0.2, -0.15) is 0 Å². The predicted molar refractivity (Wildman–Crippen MR) is 130 cm³/mol. The van der Waals surface area contributed by atoms with E-state index in [-0.39, 0.29) is 17.7 Å². The van der Waals surface area contributed by atoms with Crippen molar-refractivity contribution in [2.75, 3.05) is 11.9 Å². The molecule has 174 valence electrons. The van der Waals surface area contributed by atoms with E-state index in [4.69, 9.17) is 20.9 Å². The third-order valence-corrected chi connectivity index (χ3v) is 8.28. The Morgan fingerprint density at radius 3 is 2.82 bits per heavy atom. The quantitative estimate of drug-likeness (QED) is 0.341. The Morgan fingerprint density at radius 1 is 1.32 bits per heavy atom. The standard InChI is InChI=1S/C23H19ClN4O4S2/c1-12(14-5-3-4-6-15(14)24)31-22(30)26-18-13(2)32-28-16(18)7-8-17-25-19-20(33-17)34-21(27-19)23(11-29)9-10-23/h3-6,12,29H,9-11H2,1-2H3,(H,26,30). The molecule has 1 atom stereocenters. The van der Waals surface area contributed by atoms with Gasteiger partial charge in [-0.3, -0.25) is 5.32 Å². The second-order valence-corrected chi connectivity index (χ2v) is 10.7. The number of ether oxygens (including phenoxy) is 1. The minimum absolute atomic E-state index is 0.112. The van der Waals surface area contributed by atoms with Gasteiger partial charge in [0, 0.05) is 16.0 Å². The van der Waals surface area contributed by atoms with Crippen molar-refractivity contribution in [1.29, 1.82) is 0 Å². The molecular formula is C23H19ClN4O4S2. The number of halogens is 1. The van der Waals surface area contributed by atoms with Crippen molar-refractivity contribution >= 4 is 55.7 Å². The lowest BCUT2D eigenvalue weighted by Gasteiger charge is -2.15. The van der Waals surface area contributed by atoms with E-state index in [1.807, 2.05) is 12.1 Å². The molecule has 5 rings (SSSR count).